The Morgan fingerprint density at radius 1 is 1.27 bits per heavy atom. The molecule has 1 fully saturated rings. The Balaban J connectivity index is 2.33. The van der Waals surface area contributed by atoms with E-state index in [1.54, 1.807) is 0 Å². The average molecular weight is 213 g/mol. The molecular weight excluding hydrogens is 186 g/mol. The fourth-order valence-corrected chi connectivity index (χ4v) is 2.69. The minimum absolute atomic E-state index is 0.357. The van der Waals surface area contributed by atoms with E-state index in [1.165, 1.54) is 32.1 Å². The highest BCUT2D eigenvalue weighted by Crippen LogP contribution is 2.29. The highest BCUT2D eigenvalue weighted by Gasteiger charge is 2.23. The van der Waals surface area contributed by atoms with Crippen LogP contribution in [0.1, 0.15) is 52.9 Å². The molecule has 0 amide bonds. The Kier molecular flexibility index (Phi) is 6.26. The first-order valence-electron chi connectivity index (χ1n) is 6.62. The van der Waals surface area contributed by atoms with Gasteiger partial charge in [0.25, 0.3) is 0 Å². The van der Waals surface area contributed by atoms with Crippen LogP contribution in [0.2, 0.25) is 0 Å². The highest BCUT2D eigenvalue weighted by atomic mass is 16.5. The summed E-state index contributed by atoms with van der Waals surface area (Å²) in [6, 6.07) is 0.554. The van der Waals surface area contributed by atoms with E-state index in [0.29, 0.717) is 12.1 Å². The van der Waals surface area contributed by atoms with Crippen LogP contribution in [-0.2, 0) is 4.74 Å². The summed E-state index contributed by atoms with van der Waals surface area (Å²) < 4.78 is 5.70. The summed E-state index contributed by atoms with van der Waals surface area (Å²) in [6.45, 7) is 8.34. The molecule has 2 atom stereocenters. The summed E-state index contributed by atoms with van der Waals surface area (Å²) in [7, 11) is 0. The lowest BCUT2D eigenvalue weighted by atomic mass is 9.95. The van der Waals surface area contributed by atoms with Crippen LogP contribution in [0.5, 0.6) is 0 Å². The Hall–Kier alpha value is -0.0800. The lowest BCUT2D eigenvalue weighted by Gasteiger charge is -2.27. The molecule has 1 saturated carbocycles. The topological polar surface area (TPSA) is 21.3 Å². The van der Waals surface area contributed by atoms with Crippen molar-refractivity contribution in [3.05, 3.63) is 0 Å². The molecule has 1 N–H and O–H groups in total. The van der Waals surface area contributed by atoms with Crippen molar-refractivity contribution < 1.29 is 4.74 Å². The lowest BCUT2D eigenvalue weighted by Crippen LogP contribution is -2.41. The highest BCUT2D eigenvalue weighted by molar-refractivity contribution is 4.79. The quantitative estimate of drug-likeness (QED) is 0.702. The molecule has 0 saturated heterocycles. The van der Waals surface area contributed by atoms with Gasteiger partial charge in [-0.15, -0.1) is 0 Å². The van der Waals surface area contributed by atoms with Gasteiger partial charge in [0.15, 0.2) is 0 Å². The van der Waals surface area contributed by atoms with Crippen molar-refractivity contribution in [1.82, 2.24) is 5.32 Å². The van der Waals surface area contributed by atoms with Gasteiger partial charge in [-0.05, 0) is 32.7 Å². The van der Waals surface area contributed by atoms with Gasteiger partial charge in [-0.25, -0.2) is 0 Å². The van der Waals surface area contributed by atoms with Crippen LogP contribution >= 0.6 is 0 Å². The minimum Gasteiger partial charge on any atom is -0.377 e. The maximum Gasteiger partial charge on any atom is 0.0699 e. The second-order valence-electron chi connectivity index (χ2n) is 4.71. The van der Waals surface area contributed by atoms with E-state index in [2.05, 4.69) is 26.1 Å². The monoisotopic (exact) mass is 213 g/mol. The molecule has 0 heterocycles. The Morgan fingerprint density at radius 2 is 1.93 bits per heavy atom. The predicted octanol–water partition coefficient (Wildman–Crippen LogP) is 2.97. The van der Waals surface area contributed by atoms with E-state index in [0.717, 1.165) is 19.1 Å². The zero-order valence-electron chi connectivity index (χ0n) is 10.6. The number of ether oxygens (including phenoxy) is 1. The van der Waals surface area contributed by atoms with Gasteiger partial charge in [0.1, 0.15) is 0 Å². The minimum atomic E-state index is 0.357. The van der Waals surface area contributed by atoms with Gasteiger partial charge in [-0.2, -0.15) is 0 Å². The molecule has 1 rings (SSSR count). The van der Waals surface area contributed by atoms with Crippen molar-refractivity contribution in [2.75, 3.05) is 13.2 Å². The molecule has 0 spiro atoms. The van der Waals surface area contributed by atoms with Crippen LogP contribution in [0, 0.1) is 5.92 Å². The number of likely N-dealkylation sites (N-methyl/N-ethyl adjacent to an activating group) is 1. The fraction of sp³-hybridized carbons (Fsp3) is 1.00. The van der Waals surface area contributed by atoms with Crippen molar-refractivity contribution in [1.29, 1.82) is 0 Å². The normalized spacial score (nSPS) is 21.8. The first-order chi connectivity index (χ1) is 7.27. The van der Waals surface area contributed by atoms with E-state index >= 15 is 0 Å². The van der Waals surface area contributed by atoms with Gasteiger partial charge in [-0.3, -0.25) is 0 Å². The third kappa shape index (κ3) is 4.52. The molecule has 15 heavy (non-hydrogen) atoms. The molecule has 0 aliphatic heterocycles. The van der Waals surface area contributed by atoms with Crippen LogP contribution in [0.25, 0.3) is 0 Å². The van der Waals surface area contributed by atoms with Crippen molar-refractivity contribution in [2.45, 2.75) is 65.0 Å². The summed E-state index contributed by atoms with van der Waals surface area (Å²) in [6.07, 6.45) is 7.39. The molecule has 1 aliphatic carbocycles. The second-order valence-corrected chi connectivity index (χ2v) is 4.71. The number of hydrogen-bond acceptors (Lipinski definition) is 2. The van der Waals surface area contributed by atoms with Crippen LogP contribution in [0.4, 0.5) is 0 Å². The van der Waals surface area contributed by atoms with Crippen molar-refractivity contribution in [3.8, 4) is 0 Å². The van der Waals surface area contributed by atoms with Crippen molar-refractivity contribution in [2.24, 2.45) is 5.92 Å². The molecule has 0 radical (unpaired) electrons. The predicted molar refractivity (Wildman–Crippen MR) is 65.1 cm³/mol. The SMILES string of the molecule is CCNC(CC1CCCC1)C(C)OCC. The summed E-state index contributed by atoms with van der Waals surface area (Å²) in [4.78, 5) is 0. The molecule has 0 bridgehead atoms. The Labute approximate surface area is 94.8 Å². The molecule has 1 aliphatic rings. The largest absolute Gasteiger partial charge is 0.377 e. The Morgan fingerprint density at radius 3 is 2.47 bits per heavy atom. The zero-order valence-corrected chi connectivity index (χ0v) is 10.6. The first kappa shape index (κ1) is 13.0. The molecule has 2 nitrogen and oxygen atoms in total. The van der Waals surface area contributed by atoms with Crippen molar-refractivity contribution in [3.63, 3.8) is 0 Å². The average Bonchev–Trinajstić information content (AvgIpc) is 2.70. The maximum absolute atomic E-state index is 5.70. The zero-order chi connectivity index (χ0) is 11.1. The van der Waals surface area contributed by atoms with E-state index in [4.69, 9.17) is 4.74 Å². The third-order valence-corrected chi connectivity index (χ3v) is 3.52. The van der Waals surface area contributed by atoms with Gasteiger partial charge in [0, 0.05) is 12.6 Å². The molecule has 2 unspecified atom stereocenters. The van der Waals surface area contributed by atoms with Crippen LogP contribution in [-0.4, -0.2) is 25.3 Å². The fourth-order valence-electron chi connectivity index (χ4n) is 2.69. The third-order valence-electron chi connectivity index (χ3n) is 3.52. The van der Waals surface area contributed by atoms with Gasteiger partial charge in [0.05, 0.1) is 6.10 Å². The number of rotatable bonds is 7. The van der Waals surface area contributed by atoms with Gasteiger partial charge < -0.3 is 10.1 Å². The molecule has 0 aromatic rings. The Bertz CT molecular complexity index is 155. The summed E-state index contributed by atoms with van der Waals surface area (Å²) in [5.74, 6) is 0.942. The maximum atomic E-state index is 5.70. The van der Waals surface area contributed by atoms with Gasteiger partial charge in [-0.1, -0.05) is 32.6 Å². The number of nitrogens with one attached hydrogen (secondary N) is 1. The van der Waals surface area contributed by atoms with E-state index < -0.39 is 0 Å². The standard InChI is InChI=1S/C13H27NO/c1-4-14-13(11(3)15-5-2)10-12-8-6-7-9-12/h11-14H,4-10H2,1-3H3. The van der Waals surface area contributed by atoms with Crippen LogP contribution < -0.4 is 5.32 Å². The second kappa shape index (κ2) is 7.24. The van der Waals surface area contributed by atoms with Crippen LogP contribution in [0.15, 0.2) is 0 Å². The van der Waals surface area contributed by atoms with E-state index in [9.17, 15) is 0 Å². The van der Waals surface area contributed by atoms with Gasteiger partial charge >= 0.3 is 0 Å². The first-order valence-corrected chi connectivity index (χ1v) is 6.62. The smallest absolute Gasteiger partial charge is 0.0699 e. The molecular formula is C13H27NO. The van der Waals surface area contributed by atoms with E-state index in [-0.39, 0.29) is 0 Å². The molecule has 90 valence electrons. The lowest BCUT2D eigenvalue weighted by molar-refractivity contribution is 0.0412. The van der Waals surface area contributed by atoms with E-state index in [1.807, 2.05) is 0 Å². The van der Waals surface area contributed by atoms with Gasteiger partial charge in [0.2, 0.25) is 0 Å². The molecule has 0 aromatic heterocycles. The molecule has 0 aromatic carbocycles. The molecule has 2 heteroatoms. The summed E-state index contributed by atoms with van der Waals surface area (Å²) >= 11 is 0. The van der Waals surface area contributed by atoms with Crippen molar-refractivity contribution >= 4 is 0 Å². The number of hydrogen-bond donors (Lipinski definition) is 1. The summed E-state index contributed by atoms with van der Waals surface area (Å²) in [5, 5.41) is 3.57. The summed E-state index contributed by atoms with van der Waals surface area (Å²) in [5.41, 5.74) is 0. The van der Waals surface area contributed by atoms with Crippen LogP contribution in [0.3, 0.4) is 0 Å².